The quantitative estimate of drug-likeness (QED) is 0.902. The number of nitrogens with zero attached hydrogens (tertiary/aromatic N) is 2. The van der Waals surface area contributed by atoms with Crippen LogP contribution in [0.15, 0.2) is 12.5 Å². The van der Waals surface area contributed by atoms with Crippen LogP contribution < -0.4 is 5.32 Å². The highest BCUT2D eigenvalue weighted by Gasteiger charge is 2.38. The first-order chi connectivity index (χ1) is 9.18. The van der Waals surface area contributed by atoms with Crippen LogP contribution in [-0.2, 0) is 12.0 Å². The van der Waals surface area contributed by atoms with E-state index in [0.717, 1.165) is 13.1 Å². The molecule has 19 heavy (non-hydrogen) atoms. The summed E-state index contributed by atoms with van der Waals surface area (Å²) in [5, 5.41) is 3.47. The van der Waals surface area contributed by atoms with Crippen molar-refractivity contribution in [1.29, 1.82) is 0 Å². The molecule has 1 aromatic heterocycles. The number of rotatable bonds is 4. The highest BCUT2D eigenvalue weighted by molar-refractivity contribution is 5.16. The van der Waals surface area contributed by atoms with E-state index in [1.54, 1.807) is 0 Å². The van der Waals surface area contributed by atoms with Crippen molar-refractivity contribution in [2.75, 3.05) is 13.1 Å². The van der Waals surface area contributed by atoms with Gasteiger partial charge in [0, 0.05) is 23.9 Å². The molecule has 2 fully saturated rings. The van der Waals surface area contributed by atoms with Crippen LogP contribution in [0.5, 0.6) is 0 Å². The molecule has 1 saturated carbocycles. The number of hydrogen-bond acceptors (Lipinski definition) is 2. The molecule has 0 unspecified atom stereocenters. The van der Waals surface area contributed by atoms with Crippen molar-refractivity contribution in [3.63, 3.8) is 0 Å². The van der Waals surface area contributed by atoms with Gasteiger partial charge in [-0.25, -0.2) is 4.98 Å². The first-order valence-corrected chi connectivity index (χ1v) is 7.89. The molecule has 3 heteroatoms. The lowest BCUT2D eigenvalue weighted by atomic mass is 9.66. The van der Waals surface area contributed by atoms with Gasteiger partial charge >= 0.3 is 0 Å². The van der Waals surface area contributed by atoms with Crippen molar-refractivity contribution in [2.45, 2.75) is 64.3 Å². The summed E-state index contributed by atoms with van der Waals surface area (Å²) in [6.45, 7) is 8.23. The average molecular weight is 261 g/mol. The van der Waals surface area contributed by atoms with Crippen molar-refractivity contribution >= 4 is 0 Å². The molecule has 0 spiro atoms. The van der Waals surface area contributed by atoms with E-state index in [0.29, 0.717) is 10.8 Å². The van der Waals surface area contributed by atoms with Crippen LogP contribution in [0.1, 0.15) is 58.1 Å². The summed E-state index contributed by atoms with van der Waals surface area (Å²) in [5.74, 6) is 0. The van der Waals surface area contributed by atoms with Gasteiger partial charge in [0.15, 0.2) is 0 Å². The van der Waals surface area contributed by atoms with Gasteiger partial charge in [0.2, 0.25) is 0 Å². The van der Waals surface area contributed by atoms with Gasteiger partial charge in [-0.15, -0.1) is 0 Å². The molecule has 2 heterocycles. The van der Waals surface area contributed by atoms with Crippen LogP contribution in [0, 0.1) is 5.41 Å². The molecule has 3 rings (SSSR count). The van der Waals surface area contributed by atoms with Crippen LogP contribution in [0.25, 0.3) is 0 Å². The Balaban J connectivity index is 1.81. The zero-order chi connectivity index (χ0) is 13.3. The molecule has 1 aliphatic heterocycles. The maximum absolute atomic E-state index is 4.46. The fraction of sp³-hybridized carbons (Fsp3) is 0.812. The minimum Gasteiger partial charge on any atom is -0.334 e. The Morgan fingerprint density at radius 2 is 2.00 bits per heavy atom. The molecule has 1 N–H and O–H groups in total. The molecular formula is C16H27N3. The lowest BCUT2D eigenvalue weighted by molar-refractivity contribution is 0.0968. The van der Waals surface area contributed by atoms with Gasteiger partial charge in [0.25, 0.3) is 0 Å². The predicted molar refractivity (Wildman–Crippen MR) is 78.3 cm³/mol. The summed E-state index contributed by atoms with van der Waals surface area (Å²) >= 11 is 0. The Labute approximate surface area is 116 Å². The van der Waals surface area contributed by atoms with Gasteiger partial charge in [0.1, 0.15) is 0 Å². The van der Waals surface area contributed by atoms with E-state index in [4.69, 9.17) is 0 Å². The van der Waals surface area contributed by atoms with Crippen LogP contribution in [-0.4, -0.2) is 22.6 Å². The van der Waals surface area contributed by atoms with E-state index in [1.807, 2.05) is 0 Å². The predicted octanol–water partition coefficient (Wildman–Crippen LogP) is 3.10. The third-order valence-corrected chi connectivity index (χ3v) is 5.71. The number of nitrogens with one attached hydrogen (secondary N) is 1. The van der Waals surface area contributed by atoms with Gasteiger partial charge in [-0.2, -0.15) is 0 Å². The van der Waals surface area contributed by atoms with Crippen LogP contribution in [0.2, 0.25) is 0 Å². The van der Waals surface area contributed by atoms with Gasteiger partial charge in [-0.3, -0.25) is 0 Å². The molecule has 0 amide bonds. The maximum Gasteiger partial charge on any atom is 0.0948 e. The lowest BCUT2D eigenvalue weighted by Gasteiger charge is -2.43. The number of aromatic nitrogens is 2. The van der Waals surface area contributed by atoms with E-state index in [1.165, 1.54) is 50.8 Å². The second kappa shape index (κ2) is 4.93. The SMILES string of the molecule is CCC1(Cn2cncc2C2(C)CCNCC2)CCC1. The van der Waals surface area contributed by atoms with Crippen molar-refractivity contribution in [3.8, 4) is 0 Å². The molecule has 1 aromatic rings. The fourth-order valence-electron chi connectivity index (χ4n) is 3.85. The zero-order valence-corrected chi connectivity index (χ0v) is 12.4. The number of hydrogen-bond donors (Lipinski definition) is 1. The van der Waals surface area contributed by atoms with E-state index < -0.39 is 0 Å². The van der Waals surface area contributed by atoms with Gasteiger partial charge in [-0.05, 0) is 50.6 Å². The largest absolute Gasteiger partial charge is 0.334 e. The lowest BCUT2D eigenvalue weighted by Crippen LogP contribution is -2.40. The normalized spacial score (nSPS) is 24.9. The second-order valence-corrected chi connectivity index (χ2v) is 6.92. The van der Waals surface area contributed by atoms with E-state index >= 15 is 0 Å². The third-order valence-electron chi connectivity index (χ3n) is 5.71. The summed E-state index contributed by atoms with van der Waals surface area (Å²) in [6, 6.07) is 0. The number of imidazole rings is 1. The monoisotopic (exact) mass is 261 g/mol. The fourth-order valence-corrected chi connectivity index (χ4v) is 3.85. The molecule has 0 atom stereocenters. The highest BCUT2D eigenvalue weighted by Crippen LogP contribution is 2.46. The summed E-state index contributed by atoms with van der Waals surface area (Å²) in [7, 11) is 0. The Hall–Kier alpha value is -0.830. The molecule has 0 radical (unpaired) electrons. The molecule has 1 aliphatic carbocycles. The first-order valence-electron chi connectivity index (χ1n) is 7.89. The first kappa shape index (κ1) is 13.2. The third kappa shape index (κ3) is 2.33. The van der Waals surface area contributed by atoms with E-state index in [-0.39, 0.29) is 0 Å². The van der Waals surface area contributed by atoms with Crippen LogP contribution >= 0.6 is 0 Å². The Morgan fingerprint density at radius 3 is 2.58 bits per heavy atom. The van der Waals surface area contributed by atoms with Crippen molar-refractivity contribution < 1.29 is 0 Å². The van der Waals surface area contributed by atoms with Crippen LogP contribution in [0.3, 0.4) is 0 Å². The second-order valence-electron chi connectivity index (χ2n) is 6.92. The smallest absolute Gasteiger partial charge is 0.0948 e. The minimum absolute atomic E-state index is 0.320. The molecule has 1 saturated heterocycles. The Bertz CT molecular complexity index is 419. The minimum atomic E-state index is 0.320. The molecule has 0 aromatic carbocycles. The van der Waals surface area contributed by atoms with Gasteiger partial charge in [-0.1, -0.05) is 20.3 Å². The Kier molecular flexibility index (Phi) is 3.42. The molecular weight excluding hydrogens is 234 g/mol. The summed E-state index contributed by atoms with van der Waals surface area (Å²) in [4.78, 5) is 4.46. The summed E-state index contributed by atoms with van der Waals surface area (Å²) < 4.78 is 2.47. The van der Waals surface area contributed by atoms with E-state index in [9.17, 15) is 0 Å². The standard InChI is InChI=1S/C16H27N3/c1-3-16(5-4-6-16)12-19-13-18-11-14(19)15(2)7-9-17-10-8-15/h11,13,17H,3-10,12H2,1-2H3. The van der Waals surface area contributed by atoms with Gasteiger partial charge < -0.3 is 9.88 Å². The summed E-state index contributed by atoms with van der Waals surface area (Å²) in [5.41, 5.74) is 2.35. The van der Waals surface area contributed by atoms with E-state index in [2.05, 4.69) is 41.2 Å². The number of piperidine rings is 1. The molecule has 106 valence electrons. The molecule has 0 bridgehead atoms. The average Bonchev–Trinajstić information content (AvgIpc) is 2.83. The molecule has 3 nitrogen and oxygen atoms in total. The molecule has 2 aliphatic rings. The highest BCUT2D eigenvalue weighted by atomic mass is 15.1. The zero-order valence-electron chi connectivity index (χ0n) is 12.4. The van der Waals surface area contributed by atoms with Crippen molar-refractivity contribution in [2.24, 2.45) is 5.41 Å². The Morgan fingerprint density at radius 1 is 1.26 bits per heavy atom. The van der Waals surface area contributed by atoms with Crippen molar-refractivity contribution in [3.05, 3.63) is 18.2 Å². The topological polar surface area (TPSA) is 29.9 Å². The van der Waals surface area contributed by atoms with Crippen LogP contribution in [0.4, 0.5) is 0 Å². The van der Waals surface area contributed by atoms with Gasteiger partial charge in [0.05, 0.1) is 6.33 Å². The maximum atomic E-state index is 4.46. The van der Waals surface area contributed by atoms with Crippen molar-refractivity contribution in [1.82, 2.24) is 14.9 Å². The summed E-state index contributed by atoms with van der Waals surface area (Å²) in [6.07, 6.45) is 12.2.